The van der Waals surface area contributed by atoms with E-state index in [9.17, 15) is 23.1 Å². The van der Waals surface area contributed by atoms with Gasteiger partial charge >= 0.3 is 12.1 Å². The van der Waals surface area contributed by atoms with Crippen LogP contribution in [0.25, 0.3) is 0 Å². The monoisotopic (exact) mass is 334 g/mol. The molecule has 0 fully saturated rings. The third-order valence-electron chi connectivity index (χ3n) is 4.76. The minimum Gasteiger partial charge on any atom is -0.478 e. The zero-order chi connectivity index (χ0) is 17.7. The Labute approximate surface area is 137 Å². The summed E-state index contributed by atoms with van der Waals surface area (Å²) in [5.41, 5.74) is 0.932. The van der Waals surface area contributed by atoms with E-state index in [0.29, 0.717) is 12.0 Å². The van der Waals surface area contributed by atoms with Gasteiger partial charge in [-0.3, -0.25) is 0 Å². The quantitative estimate of drug-likeness (QED) is 0.818. The summed E-state index contributed by atoms with van der Waals surface area (Å²) >= 11 is 0. The predicted octanol–water partition coefficient (Wildman–Crippen LogP) is 5.22. The molecule has 1 atom stereocenters. The summed E-state index contributed by atoms with van der Waals surface area (Å²) in [5.74, 6) is -1.54. The molecule has 0 bridgehead atoms. The summed E-state index contributed by atoms with van der Waals surface area (Å²) in [6.07, 6.45) is -3.92. The molecule has 2 nitrogen and oxygen atoms in total. The average Bonchev–Trinajstić information content (AvgIpc) is 2.77. The van der Waals surface area contributed by atoms with E-state index in [1.165, 1.54) is 24.3 Å². The van der Waals surface area contributed by atoms with Crippen LogP contribution in [0.4, 0.5) is 13.2 Å². The lowest BCUT2D eigenvalue weighted by molar-refractivity contribution is -0.138. The number of aromatic carboxylic acids is 1. The third-order valence-corrected chi connectivity index (χ3v) is 4.76. The second-order valence-electron chi connectivity index (χ2n) is 6.83. The Bertz CT molecular complexity index is 806. The largest absolute Gasteiger partial charge is 0.478 e. The summed E-state index contributed by atoms with van der Waals surface area (Å²) in [5, 5.41) is 9.21. The lowest BCUT2D eigenvalue weighted by atomic mass is 9.84. The molecule has 1 aliphatic rings. The van der Waals surface area contributed by atoms with Crippen LogP contribution in [-0.2, 0) is 11.6 Å². The Morgan fingerprint density at radius 3 is 2.42 bits per heavy atom. The molecule has 0 spiro atoms. The molecule has 0 aromatic heterocycles. The zero-order valence-electron chi connectivity index (χ0n) is 13.3. The Balaban J connectivity index is 2.20. The number of hydrogen-bond acceptors (Lipinski definition) is 1. The van der Waals surface area contributed by atoms with Gasteiger partial charge in [0.15, 0.2) is 0 Å². The maximum absolute atomic E-state index is 13.4. The normalized spacial score (nSPS) is 19.1. The molecule has 2 aromatic rings. The van der Waals surface area contributed by atoms with Crippen LogP contribution in [0.15, 0.2) is 42.5 Å². The predicted molar refractivity (Wildman–Crippen MR) is 84.3 cm³/mol. The molecule has 1 N–H and O–H groups in total. The van der Waals surface area contributed by atoms with Crippen LogP contribution < -0.4 is 0 Å². The van der Waals surface area contributed by atoms with E-state index in [0.717, 1.165) is 11.6 Å². The fraction of sp³-hybridized carbons (Fsp3) is 0.316. The lowest BCUT2D eigenvalue weighted by Gasteiger charge is -2.21. The first-order chi connectivity index (χ1) is 11.1. The summed E-state index contributed by atoms with van der Waals surface area (Å²) in [6, 6.07) is 10.3. The van der Waals surface area contributed by atoms with Gasteiger partial charge in [-0.15, -0.1) is 0 Å². The van der Waals surface area contributed by atoms with E-state index in [1.807, 2.05) is 13.8 Å². The minimum atomic E-state index is -4.44. The number of benzene rings is 2. The van der Waals surface area contributed by atoms with Crippen LogP contribution in [0, 0.1) is 0 Å². The Kier molecular flexibility index (Phi) is 3.70. The van der Waals surface area contributed by atoms with Gasteiger partial charge in [0.25, 0.3) is 0 Å². The van der Waals surface area contributed by atoms with Crippen molar-refractivity contribution in [1.29, 1.82) is 0 Å². The van der Waals surface area contributed by atoms with E-state index in [4.69, 9.17) is 0 Å². The molecule has 5 heteroatoms. The van der Waals surface area contributed by atoms with Gasteiger partial charge in [0.05, 0.1) is 11.1 Å². The Morgan fingerprint density at radius 2 is 1.79 bits per heavy atom. The number of carbonyl (C=O) groups is 1. The maximum Gasteiger partial charge on any atom is 0.416 e. The highest BCUT2D eigenvalue weighted by atomic mass is 19.4. The first-order valence-electron chi connectivity index (χ1n) is 7.65. The first-order valence-corrected chi connectivity index (χ1v) is 7.65. The van der Waals surface area contributed by atoms with Crippen molar-refractivity contribution in [2.75, 3.05) is 0 Å². The Morgan fingerprint density at radius 1 is 1.12 bits per heavy atom. The van der Waals surface area contributed by atoms with Gasteiger partial charge in [-0.25, -0.2) is 4.79 Å². The van der Waals surface area contributed by atoms with Crippen molar-refractivity contribution in [3.63, 3.8) is 0 Å². The number of carboxylic acid groups (broad SMARTS) is 1. The fourth-order valence-electron chi connectivity index (χ4n) is 3.67. The molecule has 1 unspecified atom stereocenters. The summed E-state index contributed by atoms with van der Waals surface area (Å²) < 4.78 is 40.2. The van der Waals surface area contributed by atoms with Crippen LogP contribution in [0.3, 0.4) is 0 Å². The van der Waals surface area contributed by atoms with Crippen molar-refractivity contribution in [1.82, 2.24) is 0 Å². The molecule has 126 valence electrons. The lowest BCUT2D eigenvalue weighted by Crippen LogP contribution is -2.14. The summed E-state index contributed by atoms with van der Waals surface area (Å²) in [7, 11) is 0. The van der Waals surface area contributed by atoms with Crippen LogP contribution in [-0.4, -0.2) is 11.1 Å². The smallest absolute Gasteiger partial charge is 0.416 e. The van der Waals surface area contributed by atoms with Gasteiger partial charge < -0.3 is 5.11 Å². The number of rotatable bonds is 2. The molecule has 0 radical (unpaired) electrons. The fourth-order valence-corrected chi connectivity index (χ4v) is 3.67. The number of alkyl halides is 3. The summed E-state index contributed by atoms with van der Waals surface area (Å²) in [6.45, 7) is 3.95. The molecule has 24 heavy (non-hydrogen) atoms. The molecule has 2 aromatic carbocycles. The Hall–Kier alpha value is -2.30. The van der Waals surface area contributed by atoms with E-state index in [1.54, 1.807) is 12.1 Å². The van der Waals surface area contributed by atoms with E-state index in [2.05, 4.69) is 0 Å². The van der Waals surface area contributed by atoms with Crippen molar-refractivity contribution >= 4 is 5.97 Å². The maximum atomic E-state index is 13.4. The van der Waals surface area contributed by atoms with Gasteiger partial charge in [-0.1, -0.05) is 38.1 Å². The molecule has 0 aliphatic heterocycles. The number of carboxylic acids is 1. The van der Waals surface area contributed by atoms with Gasteiger partial charge in [-0.05, 0) is 46.7 Å². The van der Waals surface area contributed by atoms with Gasteiger partial charge in [0, 0.05) is 5.92 Å². The molecule has 0 saturated carbocycles. The second kappa shape index (κ2) is 5.36. The van der Waals surface area contributed by atoms with Gasteiger partial charge in [0.1, 0.15) is 0 Å². The van der Waals surface area contributed by atoms with Gasteiger partial charge in [0.2, 0.25) is 0 Å². The van der Waals surface area contributed by atoms with E-state index in [-0.39, 0.29) is 16.5 Å². The van der Waals surface area contributed by atoms with Crippen LogP contribution >= 0.6 is 0 Å². The highest BCUT2D eigenvalue weighted by molar-refractivity contribution is 5.88. The van der Waals surface area contributed by atoms with E-state index < -0.39 is 23.6 Å². The molecule has 0 saturated heterocycles. The van der Waals surface area contributed by atoms with Crippen molar-refractivity contribution in [2.24, 2.45) is 0 Å². The van der Waals surface area contributed by atoms with Crippen molar-refractivity contribution in [3.8, 4) is 0 Å². The second-order valence-corrected chi connectivity index (χ2v) is 6.83. The summed E-state index contributed by atoms with van der Waals surface area (Å²) in [4.78, 5) is 11.3. The molecule has 0 amide bonds. The van der Waals surface area contributed by atoms with Crippen LogP contribution in [0.5, 0.6) is 0 Å². The molecule has 3 rings (SSSR count). The van der Waals surface area contributed by atoms with Crippen LogP contribution in [0.1, 0.15) is 58.8 Å². The van der Waals surface area contributed by atoms with Crippen molar-refractivity contribution in [3.05, 3.63) is 70.3 Å². The average molecular weight is 334 g/mol. The highest BCUT2D eigenvalue weighted by Crippen LogP contribution is 2.51. The third kappa shape index (κ3) is 2.68. The number of hydrogen-bond donors (Lipinski definition) is 1. The number of halogens is 3. The standard InChI is InChI=1S/C19H17F3O2/c1-18(2)10-14(12-5-3-4-6-16(12)19(20,21)22)13-9-11(17(23)24)7-8-15(13)18/h3-9,14H,10H2,1-2H3,(H,23,24). The van der Waals surface area contributed by atoms with Crippen LogP contribution in [0.2, 0.25) is 0 Å². The van der Waals surface area contributed by atoms with Crippen molar-refractivity contribution < 1.29 is 23.1 Å². The van der Waals surface area contributed by atoms with Crippen molar-refractivity contribution in [2.45, 2.75) is 37.8 Å². The number of fused-ring (bicyclic) bond motifs is 1. The SMILES string of the molecule is CC1(C)CC(c2ccccc2C(F)(F)F)c2cc(C(=O)O)ccc21. The topological polar surface area (TPSA) is 37.3 Å². The molecular formula is C19H17F3O2. The van der Waals surface area contributed by atoms with E-state index >= 15 is 0 Å². The molecule has 1 aliphatic carbocycles. The minimum absolute atomic E-state index is 0.0981. The zero-order valence-corrected chi connectivity index (χ0v) is 13.3. The first kappa shape index (κ1) is 16.6. The highest BCUT2D eigenvalue weighted by Gasteiger charge is 2.42. The van der Waals surface area contributed by atoms with Gasteiger partial charge in [-0.2, -0.15) is 13.2 Å². The molecular weight excluding hydrogens is 317 g/mol. The molecule has 0 heterocycles.